The first-order valence-electron chi connectivity index (χ1n) is 13.1. The maximum absolute atomic E-state index is 13.9. The second kappa shape index (κ2) is 10.7. The van der Waals surface area contributed by atoms with Crippen molar-refractivity contribution in [1.29, 1.82) is 0 Å². The molecule has 3 N–H and O–H groups in total. The zero-order valence-corrected chi connectivity index (χ0v) is 22.5. The average Bonchev–Trinajstić information content (AvgIpc) is 2.81. The molecule has 0 radical (unpaired) electrons. The van der Waals surface area contributed by atoms with Gasteiger partial charge in [0.05, 0.1) is 11.7 Å². The van der Waals surface area contributed by atoms with E-state index in [9.17, 15) is 18.0 Å². The lowest BCUT2D eigenvalue weighted by Crippen LogP contribution is -2.58. The summed E-state index contributed by atoms with van der Waals surface area (Å²) in [5.74, 6) is 1.95. The second-order valence-corrected chi connectivity index (χ2v) is 12.9. The van der Waals surface area contributed by atoms with Gasteiger partial charge in [0.2, 0.25) is 15.9 Å². The van der Waals surface area contributed by atoms with E-state index in [2.05, 4.69) is 23.5 Å². The van der Waals surface area contributed by atoms with E-state index >= 15 is 0 Å². The summed E-state index contributed by atoms with van der Waals surface area (Å²) < 4.78 is 30.7. The van der Waals surface area contributed by atoms with Crippen molar-refractivity contribution < 1.29 is 22.7 Å². The number of piperidine rings is 1. The number of ether oxygens (including phenoxy) is 1. The predicted molar refractivity (Wildman–Crippen MR) is 138 cm³/mol. The van der Waals surface area contributed by atoms with Crippen LogP contribution in [0.5, 0.6) is 5.75 Å². The number of sulfonamides is 1. The smallest absolute Gasteiger partial charge is 0.409 e. The Hall–Kier alpha value is -2.17. The van der Waals surface area contributed by atoms with E-state index in [4.69, 9.17) is 10.5 Å². The number of rotatable bonds is 7. The van der Waals surface area contributed by atoms with Crippen LogP contribution in [0.25, 0.3) is 0 Å². The summed E-state index contributed by atoms with van der Waals surface area (Å²) >= 11 is 0. The molecule has 2 aliphatic heterocycles. The van der Waals surface area contributed by atoms with Crippen LogP contribution in [0.3, 0.4) is 0 Å². The Labute approximate surface area is 214 Å². The molecular weight excluding hydrogens is 480 g/mol. The van der Waals surface area contributed by atoms with Crippen LogP contribution in [0.2, 0.25) is 0 Å². The number of benzene rings is 1. The molecular formula is C26H40N4O5S. The van der Waals surface area contributed by atoms with Crippen molar-refractivity contribution in [2.75, 3.05) is 32.4 Å². The van der Waals surface area contributed by atoms with Crippen molar-refractivity contribution in [1.82, 2.24) is 14.5 Å². The molecule has 1 aromatic rings. The highest BCUT2D eigenvalue weighted by atomic mass is 32.2. The molecule has 10 heteroatoms. The van der Waals surface area contributed by atoms with Crippen molar-refractivity contribution >= 4 is 22.0 Å². The van der Waals surface area contributed by atoms with Crippen molar-refractivity contribution in [2.45, 2.75) is 70.4 Å². The molecule has 0 unspecified atom stereocenters. The molecule has 1 aromatic carbocycles. The third kappa shape index (κ3) is 5.86. The van der Waals surface area contributed by atoms with Gasteiger partial charge in [-0.2, -0.15) is 0 Å². The number of nitrogens with one attached hydrogen (secondary N) is 1. The molecule has 4 rings (SSSR count). The van der Waals surface area contributed by atoms with E-state index in [1.54, 1.807) is 17.0 Å². The standard InChI is InChI=1S/C26H40N4O5S/c1-18(2)19-4-6-21(7-5-19)29-13-10-26(11-14-29)23-9-8-22(35-25(27)32)16-20(23)17-30(24(26)31)15-12-28-36(3,33)34/h8-9,16,18-19,21,28H,4-7,10-15,17H2,1-3H3,(H2,27,32)/t19-,21+. The van der Waals surface area contributed by atoms with E-state index in [1.165, 1.54) is 25.7 Å². The molecule has 1 spiro atoms. The summed E-state index contributed by atoms with van der Waals surface area (Å²) in [5, 5.41) is 0. The fraction of sp³-hybridized carbons (Fsp3) is 0.692. The highest BCUT2D eigenvalue weighted by molar-refractivity contribution is 7.88. The van der Waals surface area contributed by atoms with Crippen LogP contribution in [-0.4, -0.2) is 68.7 Å². The van der Waals surface area contributed by atoms with Crippen molar-refractivity contribution in [2.24, 2.45) is 17.6 Å². The number of carbonyl (C=O) groups excluding carboxylic acids is 2. The quantitative estimate of drug-likeness (QED) is 0.570. The van der Waals surface area contributed by atoms with Gasteiger partial charge in [0.15, 0.2) is 0 Å². The van der Waals surface area contributed by atoms with Gasteiger partial charge in [-0.1, -0.05) is 19.9 Å². The van der Waals surface area contributed by atoms with E-state index in [0.29, 0.717) is 18.3 Å². The molecule has 9 nitrogen and oxygen atoms in total. The van der Waals surface area contributed by atoms with Crippen LogP contribution >= 0.6 is 0 Å². The van der Waals surface area contributed by atoms with Crippen LogP contribution in [-0.2, 0) is 26.8 Å². The van der Waals surface area contributed by atoms with Crippen LogP contribution in [0.15, 0.2) is 18.2 Å². The summed E-state index contributed by atoms with van der Waals surface area (Å²) in [4.78, 5) is 29.5. The Bertz CT molecular complexity index is 1070. The maximum Gasteiger partial charge on any atom is 0.409 e. The third-order valence-electron chi connectivity index (χ3n) is 8.47. The van der Waals surface area contributed by atoms with Gasteiger partial charge < -0.3 is 20.3 Å². The van der Waals surface area contributed by atoms with E-state index in [-0.39, 0.29) is 19.0 Å². The van der Waals surface area contributed by atoms with Gasteiger partial charge in [-0.3, -0.25) is 4.79 Å². The molecule has 2 fully saturated rings. The van der Waals surface area contributed by atoms with Gasteiger partial charge >= 0.3 is 6.09 Å². The molecule has 2 amide bonds. The molecule has 3 aliphatic rings. The molecule has 0 aromatic heterocycles. The fourth-order valence-electron chi connectivity index (χ4n) is 6.48. The summed E-state index contributed by atoms with van der Waals surface area (Å²) in [5.41, 5.74) is 6.45. The molecule has 200 valence electrons. The first-order valence-corrected chi connectivity index (χ1v) is 15.0. The summed E-state index contributed by atoms with van der Waals surface area (Å²) in [6, 6.07) is 5.97. The molecule has 1 aliphatic carbocycles. The van der Waals surface area contributed by atoms with Crippen LogP contribution < -0.4 is 15.2 Å². The number of hydrogen-bond acceptors (Lipinski definition) is 6. The molecule has 2 heterocycles. The van der Waals surface area contributed by atoms with Gasteiger partial charge in [-0.05, 0) is 86.7 Å². The summed E-state index contributed by atoms with van der Waals surface area (Å²) in [6.07, 6.45) is 6.65. The first kappa shape index (κ1) is 26.9. The monoisotopic (exact) mass is 520 g/mol. The van der Waals surface area contributed by atoms with Crippen LogP contribution in [0.1, 0.15) is 63.5 Å². The number of primary amides is 1. The van der Waals surface area contributed by atoms with Gasteiger partial charge in [0.25, 0.3) is 0 Å². The average molecular weight is 521 g/mol. The Morgan fingerprint density at radius 3 is 2.44 bits per heavy atom. The highest BCUT2D eigenvalue weighted by Gasteiger charge is 2.49. The highest BCUT2D eigenvalue weighted by Crippen LogP contribution is 2.45. The lowest BCUT2D eigenvalue weighted by molar-refractivity contribution is -0.142. The van der Waals surface area contributed by atoms with Crippen molar-refractivity contribution in [3.8, 4) is 5.75 Å². The minimum Gasteiger partial charge on any atom is -0.410 e. The van der Waals surface area contributed by atoms with E-state index in [1.807, 2.05) is 6.07 Å². The number of hydrogen-bond donors (Lipinski definition) is 2. The predicted octanol–water partition coefficient (Wildman–Crippen LogP) is 2.58. The second-order valence-electron chi connectivity index (χ2n) is 11.1. The molecule has 0 atom stereocenters. The number of nitrogens with two attached hydrogens (primary N) is 1. The number of carbonyl (C=O) groups is 2. The maximum atomic E-state index is 13.9. The lowest BCUT2D eigenvalue weighted by Gasteiger charge is -2.49. The van der Waals surface area contributed by atoms with Crippen LogP contribution in [0.4, 0.5) is 4.79 Å². The number of fused-ring (bicyclic) bond motifs is 2. The molecule has 0 bridgehead atoms. The Kier molecular flexibility index (Phi) is 7.97. The van der Waals surface area contributed by atoms with Crippen LogP contribution in [0, 0.1) is 11.8 Å². The number of nitrogens with zero attached hydrogens (tertiary/aromatic N) is 2. The van der Waals surface area contributed by atoms with Gasteiger partial charge in [0, 0.05) is 25.7 Å². The topological polar surface area (TPSA) is 122 Å². The van der Waals surface area contributed by atoms with Crippen molar-refractivity contribution in [3.05, 3.63) is 29.3 Å². The first-order chi connectivity index (χ1) is 17.0. The fourth-order valence-corrected chi connectivity index (χ4v) is 6.94. The van der Waals surface area contributed by atoms with Gasteiger partial charge in [-0.25, -0.2) is 17.9 Å². The molecule has 1 saturated heterocycles. The molecule has 1 saturated carbocycles. The normalized spacial score (nSPS) is 24.7. The molecule has 36 heavy (non-hydrogen) atoms. The zero-order valence-electron chi connectivity index (χ0n) is 21.7. The summed E-state index contributed by atoms with van der Waals surface area (Å²) in [7, 11) is -3.35. The number of amides is 2. The minimum atomic E-state index is -3.35. The van der Waals surface area contributed by atoms with E-state index in [0.717, 1.165) is 55.1 Å². The van der Waals surface area contributed by atoms with Gasteiger partial charge in [-0.15, -0.1) is 0 Å². The number of likely N-dealkylation sites (tertiary alicyclic amines) is 1. The summed E-state index contributed by atoms with van der Waals surface area (Å²) in [6.45, 7) is 7.11. The largest absolute Gasteiger partial charge is 0.410 e. The van der Waals surface area contributed by atoms with Crippen molar-refractivity contribution in [3.63, 3.8) is 0 Å². The Balaban J connectivity index is 1.53. The van der Waals surface area contributed by atoms with E-state index < -0.39 is 21.5 Å². The minimum absolute atomic E-state index is 0.0528. The lowest BCUT2D eigenvalue weighted by atomic mass is 9.67. The zero-order chi connectivity index (χ0) is 26.1. The SMILES string of the molecule is CC(C)[C@H]1CC[C@@H](N2CCC3(CC2)C(=O)N(CCNS(C)(=O)=O)Cc2cc(OC(N)=O)ccc23)CC1. The Morgan fingerprint density at radius 1 is 1.19 bits per heavy atom. The van der Waals surface area contributed by atoms with Gasteiger partial charge in [0.1, 0.15) is 5.75 Å². The third-order valence-corrected chi connectivity index (χ3v) is 9.20. The Morgan fingerprint density at radius 2 is 1.86 bits per heavy atom.